The van der Waals surface area contributed by atoms with Crippen LogP contribution in [-0.4, -0.2) is 19.7 Å². The molecule has 1 aliphatic carbocycles. The summed E-state index contributed by atoms with van der Waals surface area (Å²) in [6.07, 6.45) is 5.16. The van der Waals surface area contributed by atoms with E-state index in [4.69, 9.17) is 4.74 Å². The van der Waals surface area contributed by atoms with Gasteiger partial charge >= 0.3 is 0 Å². The number of rotatable bonds is 6. The van der Waals surface area contributed by atoms with E-state index < -0.39 is 0 Å². The minimum absolute atomic E-state index is 0.455. The van der Waals surface area contributed by atoms with Gasteiger partial charge in [0.2, 0.25) is 0 Å². The second-order valence-electron chi connectivity index (χ2n) is 6.82. The largest absolute Gasteiger partial charge is 0.496 e. The lowest BCUT2D eigenvalue weighted by Crippen LogP contribution is -2.42. The van der Waals surface area contributed by atoms with Crippen molar-refractivity contribution in [2.75, 3.05) is 13.7 Å². The molecule has 2 unspecified atom stereocenters. The van der Waals surface area contributed by atoms with Gasteiger partial charge in [0, 0.05) is 6.04 Å². The summed E-state index contributed by atoms with van der Waals surface area (Å²) in [5.41, 5.74) is 1.83. The predicted molar refractivity (Wildman–Crippen MR) is 93.0 cm³/mol. The van der Waals surface area contributed by atoms with Gasteiger partial charge in [0.25, 0.3) is 0 Å². The molecule has 1 saturated carbocycles. The van der Waals surface area contributed by atoms with Crippen molar-refractivity contribution in [2.45, 2.75) is 52.5 Å². The van der Waals surface area contributed by atoms with Crippen LogP contribution < -0.4 is 10.1 Å². The molecule has 0 heterocycles. The van der Waals surface area contributed by atoms with Crippen LogP contribution in [0.2, 0.25) is 0 Å². The van der Waals surface area contributed by atoms with Gasteiger partial charge in [-0.2, -0.15) is 0 Å². The topological polar surface area (TPSA) is 21.3 Å². The van der Waals surface area contributed by atoms with Gasteiger partial charge in [0.1, 0.15) is 5.75 Å². The van der Waals surface area contributed by atoms with Crippen LogP contribution in [0.25, 0.3) is 0 Å². The van der Waals surface area contributed by atoms with Crippen molar-refractivity contribution in [1.29, 1.82) is 0 Å². The third kappa shape index (κ3) is 4.01. The van der Waals surface area contributed by atoms with E-state index in [9.17, 15) is 0 Å². The zero-order valence-electron chi connectivity index (χ0n) is 13.7. The maximum Gasteiger partial charge on any atom is 0.133 e. The Balaban J connectivity index is 2.14. The first-order chi connectivity index (χ1) is 9.97. The van der Waals surface area contributed by atoms with E-state index in [-0.39, 0.29) is 0 Å². The van der Waals surface area contributed by atoms with E-state index in [0.29, 0.717) is 11.5 Å². The van der Waals surface area contributed by atoms with Crippen LogP contribution >= 0.6 is 15.9 Å². The van der Waals surface area contributed by atoms with Crippen molar-refractivity contribution in [3.63, 3.8) is 0 Å². The molecule has 1 N–H and O–H groups in total. The van der Waals surface area contributed by atoms with Crippen molar-refractivity contribution in [3.8, 4) is 5.75 Å². The lowest BCUT2D eigenvalue weighted by Gasteiger charge is -2.35. The van der Waals surface area contributed by atoms with Crippen LogP contribution in [0.1, 0.15) is 45.6 Å². The lowest BCUT2D eigenvalue weighted by atomic mass is 9.76. The lowest BCUT2D eigenvalue weighted by molar-refractivity contribution is 0.197. The Kier molecular flexibility index (Phi) is 5.73. The molecule has 1 aliphatic rings. The van der Waals surface area contributed by atoms with Gasteiger partial charge in [-0.1, -0.05) is 33.3 Å². The van der Waals surface area contributed by atoms with Crippen molar-refractivity contribution in [1.82, 2.24) is 5.32 Å². The van der Waals surface area contributed by atoms with Gasteiger partial charge < -0.3 is 10.1 Å². The molecule has 0 spiro atoms. The van der Waals surface area contributed by atoms with Gasteiger partial charge in [0.15, 0.2) is 0 Å². The molecule has 2 nitrogen and oxygen atoms in total. The van der Waals surface area contributed by atoms with Crippen LogP contribution in [0.4, 0.5) is 0 Å². The summed E-state index contributed by atoms with van der Waals surface area (Å²) >= 11 is 3.60. The van der Waals surface area contributed by atoms with Crippen LogP contribution in [0.5, 0.6) is 5.75 Å². The minimum Gasteiger partial charge on any atom is -0.496 e. The molecule has 0 amide bonds. The number of methoxy groups -OCH3 is 1. The van der Waals surface area contributed by atoms with Gasteiger partial charge in [-0.3, -0.25) is 0 Å². The summed E-state index contributed by atoms with van der Waals surface area (Å²) in [4.78, 5) is 0. The summed E-state index contributed by atoms with van der Waals surface area (Å²) in [5.74, 6) is 1.67. The normalized spacial score (nSPS) is 22.2. The fraction of sp³-hybridized carbons (Fsp3) is 0.667. The highest BCUT2D eigenvalue weighted by atomic mass is 79.9. The number of likely N-dealkylation sites (N-methyl/N-ethyl adjacent to an activating group) is 1. The quantitative estimate of drug-likeness (QED) is 0.792. The Hall–Kier alpha value is -0.540. The molecule has 0 bridgehead atoms. The predicted octanol–water partition coefficient (Wildman–Crippen LogP) is 4.80. The zero-order valence-corrected chi connectivity index (χ0v) is 15.3. The van der Waals surface area contributed by atoms with E-state index >= 15 is 0 Å². The highest BCUT2D eigenvalue weighted by Crippen LogP contribution is 2.45. The van der Waals surface area contributed by atoms with Crippen LogP contribution in [0, 0.1) is 11.3 Å². The molecule has 0 radical (unpaired) electrons. The first-order valence-electron chi connectivity index (χ1n) is 8.03. The van der Waals surface area contributed by atoms with Crippen molar-refractivity contribution >= 4 is 15.9 Å². The van der Waals surface area contributed by atoms with Gasteiger partial charge in [-0.05, 0) is 70.8 Å². The number of benzene rings is 1. The Morgan fingerprint density at radius 2 is 2.19 bits per heavy atom. The van der Waals surface area contributed by atoms with E-state index in [1.165, 1.54) is 24.8 Å². The Bertz CT molecular complexity index is 472. The summed E-state index contributed by atoms with van der Waals surface area (Å²) < 4.78 is 6.37. The second kappa shape index (κ2) is 7.15. The Morgan fingerprint density at radius 3 is 2.71 bits per heavy atom. The van der Waals surface area contributed by atoms with E-state index in [2.05, 4.69) is 60.2 Å². The highest BCUT2D eigenvalue weighted by molar-refractivity contribution is 9.10. The van der Waals surface area contributed by atoms with Crippen molar-refractivity contribution in [2.24, 2.45) is 11.3 Å². The number of hydrogen-bond acceptors (Lipinski definition) is 2. The molecular formula is C18H28BrNO. The smallest absolute Gasteiger partial charge is 0.133 e. The van der Waals surface area contributed by atoms with Gasteiger partial charge in [-0.15, -0.1) is 0 Å². The molecule has 2 atom stereocenters. The summed E-state index contributed by atoms with van der Waals surface area (Å²) in [5, 5.41) is 3.73. The summed E-state index contributed by atoms with van der Waals surface area (Å²) in [6.45, 7) is 8.10. The number of nitrogens with one attached hydrogen (secondary N) is 1. The molecule has 0 aromatic heterocycles. The molecule has 118 valence electrons. The third-order valence-corrected chi connectivity index (χ3v) is 5.58. The van der Waals surface area contributed by atoms with Crippen molar-refractivity contribution in [3.05, 3.63) is 28.2 Å². The number of ether oxygens (including phenoxy) is 1. The molecule has 1 aromatic carbocycles. The van der Waals surface area contributed by atoms with E-state index in [1.54, 1.807) is 7.11 Å². The molecule has 1 aromatic rings. The highest BCUT2D eigenvalue weighted by Gasteiger charge is 2.39. The monoisotopic (exact) mass is 353 g/mol. The average molecular weight is 354 g/mol. The molecular weight excluding hydrogens is 326 g/mol. The minimum atomic E-state index is 0.455. The van der Waals surface area contributed by atoms with Crippen molar-refractivity contribution < 1.29 is 4.74 Å². The fourth-order valence-electron chi connectivity index (χ4n) is 3.81. The first-order valence-corrected chi connectivity index (χ1v) is 8.83. The Morgan fingerprint density at radius 1 is 1.43 bits per heavy atom. The molecule has 2 rings (SSSR count). The Labute approximate surface area is 137 Å². The maximum atomic E-state index is 5.32. The fourth-order valence-corrected chi connectivity index (χ4v) is 4.40. The molecule has 21 heavy (non-hydrogen) atoms. The van der Waals surface area contributed by atoms with Gasteiger partial charge in [0.05, 0.1) is 11.6 Å². The second-order valence-corrected chi connectivity index (χ2v) is 7.68. The average Bonchev–Trinajstić information content (AvgIpc) is 2.78. The summed E-state index contributed by atoms with van der Waals surface area (Å²) in [6, 6.07) is 7.01. The zero-order chi connectivity index (χ0) is 15.5. The van der Waals surface area contributed by atoms with Crippen LogP contribution in [0.15, 0.2) is 22.7 Å². The van der Waals surface area contributed by atoms with Crippen LogP contribution in [-0.2, 0) is 6.42 Å². The van der Waals surface area contributed by atoms with Crippen LogP contribution in [0.3, 0.4) is 0 Å². The van der Waals surface area contributed by atoms with E-state index in [1.807, 2.05) is 0 Å². The standard InChI is InChI=1S/C18H28BrNO/c1-5-20-16(14-7-6-10-18(14,2)3)12-13-8-9-17(21-4)15(19)11-13/h8-9,11,14,16,20H,5-7,10,12H2,1-4H3. The molecule has 1 fully saturated rings. The molecule has 0 aliphatic heterocycles. The first kappa shape index (κ1) is 16.8. The van der Waals surface area contributed by atoms with E-state index in [0.717, 1.165) is 29.1 Å². The maximum absolute atomic E-state index is 5.32. The molecule has 3 heteroatoms. The summed E-state index contributed by atoms with van der Waals surface area (Å²) in [7, 11) is 1.71. The SMILES string of the molecule is CCNC(Cc1ccc(OC)c(Br)c1)C1CCCC1(C)C. The van der Waals surface area contributed by atoms with Gasteiger partial charge in [-0.25, -0.2) is 0 Å². The molecule has 0 saturated heterocycles. The number of hydrogen-bond donors (Lipinski definition) is 1. The third-order valence-electron chi connectivity index (χ3n) is 4.96. The number of halogens is 1.